The summed E-state index contributed by atoms with van der Waals surface area (Å²) in [6.45, 7) is 5.47. The third-order valence-electron chi connectivity index (χ3n) is 2.84. The first-order valence-corrected chi connectivity index (χ1v) is 5.97. The van der Waals surface area contributed by atoms with Crippen LogP contribution in [0.1, 0.15) is 31.9 Å². The Morgan fingerprint density at radius 1 is 1.37 bits per heavy atom. The summed E-state index contributed by atoms with van der Waals surface area (Å²) in [7, 11) is 0. The van der Waals surface area contributed by atoms with Crippen LogP contribution in [0.15, 0.2) is 18.2 Å². The van der Waals surface area contributed by atoms with Crippen molar-refractivity contribution in [3.8, 4) is 0 Å². The van der Waals surface area contributed by atoms with Crippen LogP contribution in [0.3, 0.4) is 0 Å². The molecule has 0 saturated carbocycles. The second-order valence-corrected chi connectivity index (χ2v) is 5.32. The van der Waals surface area contributed by atoms with Crippen molar-refractivity contribution in [1.82, 2.24) is 4.90 Å². The Kier molecular flexibility index (Phi) is 4.64. The van der Waals surface area contributed by atoms with Crippen molar-refractivity contribution in [1.29, 1.82) is 0 Å². The molecule has 0 radical (unpaired) electrons. The maximum absolute atomic E-state index is 13.2. The molecule has 1 amide bonds. The van der Waals surface area contributed by atoms with E-state index in [2.05, 4.69) is 0 Å². The summed E-state index contributed by atoms with van der Waals surface area (Å²) < 4.78 is 13.2. The van der Waals surface area contributed by atoms with Crippen LogP contribution in [-0.4, -0.2) is 27.9 Å². The predicted octanol–water partition coefficient (Wildman–Crippen LogP) is 2.85. The van der Waals surface area contributed by atoms with Gasteiger partial charge in [-0.2, -0.15) is 0 Å². The summed E-state index contributed by atoms with van der Waals surface area (Å²) in [5, 5.41) is 9.23. The first-order valence-electron chi connectivity index (χ1n) is 5.97. The molecule has 0 fully saturated rings. The van der Waals surface area contributed by atoms with Gasteiger partial charge in [0.05, 0.1) is 0 Å². The van der Waals surface area contributed by atoms with Gasteiger partial charge in [0.15, 0.2) is 0 Å². The molecule has 4 nitrogen and oxygen atoms in total. The van der Waals surface area contributed by atoms with Crippen molar-refractivity contribution in [2.24, 2.45) is 0 Å². The molecule has 1 aromatic rings. The minimum Gasteiger partial charge on any atom is -0.465 e. The van der Waals surface area contributed by atoms with Gasteiger partial charge in [0.2, 0.25) is 0 Å². The molecule has 0 aliphatic carbocycles. The molecule has 0 spiro atoms. The Hall–Kier alpha value is -1.91. The fraction of sp³-hybridized carbons (Fsp3) is 0.429. The van der Waals surface area contributed by atoms with Crippen LogP contribution in [-0.2, 0) is 17.8 Å². The van der Waals surface area contributed by atoms with E-state index in [1.165, 1.54) is 23.1 Å². The molecule has 19 heavy (non-hydrogen) atoms. The number of aldehydes is 1. The molecule has 0 unspecified atom stereocenters. The monoisotopic (exact) mass is 267 g/mol. The van der Waals surface area contributed by atoms with E-state index in [0.717, 1.165) is 0 Å². The summed E-state index contributed by atoms with van der Waals surface area (Å²) in [4.78, 5) is 23.1. The normalized spacial score (nSPS) is 11.2. The highest BCUT2D eigenvalue weighted by atomic mass is 19.1. The zero-order valence-electron chi connectivity index (χ0n) is 11.3. The number of benzene rings is 1. The topological polar surface area (TPSA) is 57.6 Å². The van der Waals surface area contributed by atoms with E-state index >= 15 is 0 Å². The van der Waals surface area contributed by atoms with Gasteiger partial charge in [-0.25, -0.2) is 9.18 Å². The fourth-order valence-corrected chi connectivity index (χ4v) is 1.79. The van der Waals surface area contributed by atoms with Crippen molar-refractivity contribution in [2.45, 2.75) is 39.3 Å². The lowest BCUT2D eigenvalue weighted by atomic mass is 10.0. The number of halogens is 1. The molecule has 5 heteroatoms. The molecule has 104 valence electrons. The zero-order chi connectivity index (χ0) is 14.6. The van der Waals surface area contributed by atoms with Gasteiger partial charge in [0.1, 0.15) is 12.1 Å². The van der Waals surface area contributed by atoms with E-state index in [0.29, 0.717) is 17.4 Å². The molecule has 0 aliphatic rings. The number of rotatable bonds is 4. The van der Waals surface area contributed by atoms with Crippen LogP contribution in [0, 0.1) is 5.82 Å². The summed E-state index contributed by atoms with van der Waals surface area (Å²) in [5.74, 6) is -0.432. The summed E-state index contributed by atoms with van der Waals surface area (Å²) >= 11 is 0. The second kappa shape index (κ2) is 5.82. The standard InChI is InChI=1S/C14H18FNO3/c1-14(2,3)16(13(18)19)9-11-4-5-12(15)8-10(11)6-7-17/h4-5,7-8H,6,9H2,1-3H3,(H,18,19). The SMILES string of the molecule is CC(C)(C)N(Cc1ccc(F)cc1CC=O)C(=O)O. The number of carbonyl (C=O) groups is 2. The minimum absolute atomic E-state index is 0.0741. The van der Waals surface area contributed by atoms with E-state index in [1.807, 2.05) is 0 Å². The van der Waals surface area contributed by atoms with Crippen molar-refractivity contribution >= 4 is 12.4 Å². The number of hydrogen-bond acceptors (Lipinski definition) is 2. The summed E-state index contributed by atoms with van der Waals surface area (Å²) in [6.07, 6.45) is -0.292. The molecule has 0 bridgehead atoms. The van der Waals surface area contributed by atoms with Crippen molar-refractivity contribution in [2.75, 3.05) is 0 Å². The van der Waals surface area contributed by atoms with Gasteiger partial charge in [-0.15, -0.1) is 0 Å². The maximum Gasteiger partial charge on any atom is 0.408 e. The van der Waals surface area contributed by atoms with E-state index < -0.39 is 17.4 Å². The third-order valence-corrected chi connectivity index (χ3v) is 2.84. The maximum atomic E-state index is 13.2. The van der Waals surface area contributed by atoms with Gasteiger partial charge >= 0.3 is 6.09 Å². The van der Waals surface area contributed by atoms with Crippen molar-refractivity contribution in [3.05, 3.63) is 35.1 Å². The third kappa shape index (κ3) is 4.05. The Bertz CT molecular complexity index is 480. The molecule has 0 aliphatic heterocycles. The molecule has 0 atom stereocenters. The fourth-order valence-electron chi connectivity index (χ4n) is 1.79. The minimum atomic E-state index is -1.05. The van der Waals surface area contributed by atoms with Gasteiger partial charge in [0.25, 0.3) is 0 Å². The average molecular weight is 267 g/mol. The lowest BCUT2D eigenvalue weighted by Crippen LogP contribution is -2.44. The highest BCUT2D eigenvalue weighted by Crippen LogP contribution is 2.20. The number of hydrogen-bond donors (Lipinski definition) is 1. The van der Waals surface area contributed by atoms with Crippen LogP contribution in [0.25, 0.3) is 0 Å². The van der Waals surface area contributed by atoms with Gasteiger partial charge < -0.3 is 9.90 Å². The lowest BCUT2D eigenvalue weighted by Gasteiger charge is -2.33. The lowest BCUT2D eigenvalue weighted by molar-refractivity contribution is -0.107. The Morgan fingerprint density at radius 2 is 2.00 bits per heavy atom. The van der Waals surface area contributed by atoms with Crippen LogP contribution < -0.4 is 0 Å². The highest BCUT2D eigenvalue weighted by Gasteiger charge is 2.26. The van der Waals surface area contributed by atoms with E-state index in [1.54, 1.807) is 20.8 Å². The molecule has 0 heterocycles. The molecule has 1 N–H and O–H groups in total. The Labute approximate surface area is 111 Å². The van der Waals surface area contributed by atoms with E-state index in [4.69, 9.17) is 0 Å². The molecule has 0 saturated heterocycles. The zero-order valence-corrected chi connectivity index (χ0v) is 11.3. The van der Waals surface area contributed by atoms with Crippen LogP contribution >= 0.6 is 0 Å². The molecular formula is C14H18FNO3. The van der Waals surface area contributed by atoms with E-state index in [-0.39, 0.29) is 13.0 Å². The molecular weight excluding hydrogens is 249 g/mol. The molecule has 1 rings (SSSR count). The Morgan fingerprint density at radius 3 is 2.47 bits per heavy atom. The quantitative estimate of drug-likeness (QED) is 0.853. The number of carbonyl (C=O) groups excluding carboxylic acids is 1. The van der Waals surface area contributed by atoms with Gasteiger partial charge in [-0.1, -0.05) is 6.07 Å². The number of amides is 1. The van der Waals surface area contributed by atoms with Crippen molar-refractivity contribution in [3.63, 3.8) is 0 Å². The molecule has 0 aromatic heterocycles. The summed E-state index contributed by atoms with van der Waals surface area (Å²) in [6, 6.07) is 4.06. The Balaban J connectivity index is 3.09. The van der Waals surface area contributed by atoms with Crippen LogP contribution in [0.2, 0.25) is 0 Å². The van der Waals surface area contributed by atoms with Crippen LogP contribution in [0.4, 0.5) is 9.18 Å². The van der Waals surface area contributed by atoms with Gasteiger partial charge in [-0.05, 0) is 44.0 Å². The molecule has 1 aromatic carbocycles. The second-order valence-electron chi connectivity index (χ2n) is 5.32. The van der Waals surface area contributed by atoms with Crippen LogP contribution in [0.5, 0.6) is 0 Å². The van der Waals surface area contributed by atoms with E-state index in [9.17, 15) is 19.1 Å². The first kappa shape index (κ1) is 15.1. The predicted molar refractivity (Wildman–Crippen MR) is 69.5 cm³/mol. The smallest absolute Gasteiger partial charge is 0.408 e. The average Bonchev–Trinajstić information content (AvgIpc) is 2.26. The first-order chi connectivity index (χ1) is 8.75. The van der Waals surface area contributed by atoms with Crippen molar-refractivity contribution < 1.29 is 19.1 Å². The number of nitrogens with zero attached hydrogens (tertiary/aromatic N) is 1. The van der Waals surface area contributed by atoms with Gasteiger partial charge in [0, 0.05) is 18.5 Å². The largest absolute Gasteiger partial charge is 0.465 e. The number of carboxylic acid groups (broad SMARTS) is 1. The highest BCUT2D eigenvalue weighted by molar-refractivity contribution is 5.66. The summed E-state index contributed by atoms with van der Waals surface area (Å²) in [5.41, 5.74) is 0.592. The van der Waals surface area contributed by atoms with Gasteiger partial charge in [-0.3, -0.25) is 4.90 Å².